The second-order valence-corrected chi connectivity index (χ2v) is 7.44. The van der Waals surface area contributed by atoms with Gasteiger partial charge < -0.3 is 15.5 Å². The van der Waals surface area contributed by atoms with Gasteiger partial charge in [0.25, 0.3) is 5.91 Å². The minimum absolute atomic E-state index is 0.123. The van der Waals surface area contributed by atoms with Crippen molar-refractivity contribution in [3.8, 4) is 0 Å². The first-order valence-electron chi connectivity index (χ1n) is 6.78. The van der Waals surface area contributed by atoms with Crippen LogP contribution < -0.4 is 10.6 Å². The molecule has 0 aliphatic carbocycles. The van der Waals surface area contributed by atoms with E-state index in [9.17, 15) is 4.79 Å². The molecule has 0 atom stereocenters. The molecular weight excluding hydrogens is 350 g/mol. The topological polar surface area (TPSA) is 49.6 Å². The molecule has 4 nitrogen and oxygen atoms in total. The number of benzene rings is 1. The fourth-order valence-electron chi connectivity index (χ4n) is 2.47. The lowest BCUT2D eigenvalue weighted by atomic mass is 10.2. The Morgan fingerprint density at radius 1 is 1.14 bits per heavy atom. The van der Waals surface area contributed by atoms with Crippen molar-refractivity contribution in [1.29, 1.82) is 0 Å². The fraction of sp³-hybridized carbons (Fsp3) is 0.267. The number of thiophene rings is 1. The highest BCUT2D eigenvalue weighted by Crippen LogP contribution is 2.24. The van der Waals surface area contributed by atoms with Gasteiger partial charge in [-0.25, -0.2) is 0 Å². The second kappa shape index (κ2) is 6.07. The van der Waals surface area contributed by atoms with Crippen LogP contribution in [0.3, 0.4) is 0 Å². The minimum atomic E-state index is 0.123. The Morgan fingerprint density at radius 2 is 1.90 bits per heavy atom. The molecule has 0 unspecified atom stereocenters. The number of nitrogen functional groups attached to an aromatic ring is 1. The first-order chi connectivity index (χ1) is 10.1. The van der Waals surface area contributed by atoms with Crippen LogP contribution in [-0.2, 0) is 0 Å². The van der Waals surface area contributed by atoms with Gasteiger partial charge in [-0.2, -0.15) is 0 Å². The number of carbonyl (C=O) groups excluding carboxylic acids is 1. The number of anilines is 2. The van der Waals surface area contributed by atoms with Crippen molar-refractivity contribution < 1.29 is 4.79 Å². The van der Waals surface area contributed by atoms with Crippen LogP contribution in [0.15, 0.2) is 40.2 Å². The molecule has 2 aromatic rings. The minimum Gasteiger partial charge on any atom is -0.399 e. The maximum Gasteiger partial charge on any atom is 0.264 e. The molecular formula is C15H16BrN3OS. The highest BCUT2D eigenvalue weighted by molar-refractivity contribution is 9.11. The average molecular weight is 366 g/mol. The monoisotopic (exact) mass is 365 g/mol. The van der Waals surface area contributed by atoms with Crippen LogP contribution in [0.25, 0.3) is 0 Å². The highest BCUT2D eigenvalue weighted by atomic mass is 79.9. The molecule has 1 aliphatic heterocycles. The van der Waals surface area contributed by atoms with E-state index in [4.69, 9.17) is 5.73 Å². The van der Waals surface area contributed by atoms with E-state index in [0.717, 1.165) is 46.2 Å². The summed E-state index contributed by atoms with van der Waals surface area (Å²) in [5.41, 5.74) is 7.72. The van der Waals surface area contributed by atoms with Crippen molar-refractivity contribution in [2.75, 3.05) is 36.8 Å². The van der Waals surface area contributed by atoms with Crippen molar-refractivity contribution >= 4 is 44.5 Å². The number of nitrogens with two attached hydrogens (primary N) is 1. The zero-order valence-electron chi connectivity index (χ0n) is 11.5. The predicted octanol–water partition coefficient (Wildman–Crippen LogP) is 3.06. The number of hydrogen-bond donors (Lipinski definition) is 1. The Morgan fingerprint density at radius 3 is 2.52 bits per heavy atom. The molecule has 1 saturated heterocycles. The molecule has 1 amide bonds. The number of carbonyl (C=O) groups is 1. The van der Waals surface area contributed by atoms with Gasteiger partial charge >= 0.3 is 0 Å². The molecule has 6 heteroatoms. The van der Waals surface area contributed by atoms with Gasteiger partial charge in [0.2, 0.25) is 0 Å². The number of hydrogen-bond acceptors (Lipinski definition) is 4. The summed E-state index contributed by atoms with van der Waals surface area (Å²) in [5.74, 6) is 0.123. The molecule has 0 radical (unpaired) electrons. The Balaban J connectivity index is 1.64. The van der Waals surface area contributed by atoms with Crippen molar-refractivity contribution in [2.45, 2.75) is 0 Å². The van der Waals surface area contributed by atoms with Gasteiger partial charge in [-0.15, -0.1) is 11.3 Å². The Hall–Kier alpha value is -1.53. The number of rotatable bonds is 2. The van der Waals surface area contributed by atoms with E-state index >= 15 is 0 Å². The third kappa shape index (κ3) is 3.22. The molecule has 2 heterocycles. The van der Waals surface area contributed by atoms with Gasteiger partial charge in [0, 0.05) is 37.6 Å². The van der Waals surface area contributed by atoms with E-state index in [2.05, 4.69) is 26.9 Å². The molecule has 1 aliphatic rings. The van der Waals surface area contributed by atoms with Crippen molar-refractivity contribution in [2.24, 2.45) is 0 Å². The summed E-state index contributed by atoms with van der Waals surface area (Å²) in [4.78, 5) is 17.4. The van der Waals surface area contributed by atoms with Crippen LogP contribution in [0.4, 0.5) is 11.4 Å². The molecule has 110 valence electrons. The van der Waals surface area contributed by atoms with E-state index in [-0.39, 0.29) is 5.91 Å². The summed E-state index contributed by atoms with van der Waals surface area (Å²) in [5, 5.41) is 0. The van der Waals surface area contributed by atoms with Crippen LogP contribution >= 0.6 is 27.3 Å². The standard InChI is InChI=1S/C15H16BrN3OS/c16-14-5-4-13(21-14)15(20)19-8-6-18(7-9-19)12-3-1-2-11(17)10-12/h1-5,10H,6-9,17H2. The number of nitrogens with zero attached hydrogens (tertiary/aromatic N) is 2. The smallest absolute Gasteiger partial charge is 0.264 e. The third-order valence-corrected chi connectivity index (χ3v) is 5.20. The highest BCUT2D eigenvalue weighted by Gasteiger charge is 2.23. The third-order valence-electron chi connectivity index (χ3n) is 3.59. The molecule has 0 spiro atoms. The largest absolute Gasteiger partial charge is 0.399 e. The summed E-state index contributed by atoms with van der Waals surface area (Å²) in [6.07, 6.45) is 0. The molecule has 0 saturated carbocycles. The SMILES string of the molecule is Nc1cccc(N2CCN(C(=O)c3ccc(Br)s3)CC2)c1. The van der Waals surface area contributed by atoms with Crippen LogP contribution in [0.2, 0.25) is 0 Å². The lowest BCUT2D eigenvalue weighted by molar-refractivity contribution is 0.0751. The van der Waals surface area contributed by atoms with Crippen molar-refractivity contribution in [3.05, 3.63) is 45.1 Å². The van der Waals surface area contributed by atoms with Crippen LogP contribution in [0.5, 0.6) is 0 Å². The van der Waals surface area contributed by atoms with Gasteiger partial charge in [0.1, 0.15) is 0 Å². The Kier molecular flexibility index (Phi) is 4.17. The lowest BCUT2D eigenvalue weighted by Crippen LogP contribution is -2.48. The molecule has 3 rings (SSSR count). The summed E-state index contributed by atoms with van der Waals surface area (Å²) < 4.78 is 0.990. The van der Waals surface area contributed by atoms with E-state index in [1.807, 2.05) is 35.2 Å². The molecule has 21 heavy (non-hydrogen) atoms. The quantitative estimate of drug-likeness (QED) is 0.832. The van der Waals surface area contributed by atoms with Crippen LogP contribution in [0.1, 0.15) is 9.67 Å². The van der Waals surface area contributed by atoms with E-state index in [1.54, 1.807) is 0 Å². The number of piperazine rings is 1. The van der Waals surface area contributed by atoms with Crippen LogP contribution in [-0.4, -0.2) is 37.0 Å². The second-order valence-electron chi connectivity index (χ2n) is 4.98. The van der Waals surface area contributed by atoms with Gasteiger partial charge in [0.05, 0.1) is 8.66 Å². The zero-order chi connectivity index (χ0) is 14.8. The van der Waals surface area contributed by atoms with Gasteiger partial charge in [-0.3, -0.25) is 4.79 Å². The molecule has 0 bridgehead atoms. The molecule has 2 N–H and O–H groups in total. The Bertz CT molecular complexity index is 650. The maximum absolute atomic E-state index is 12.4. The van der Waals surface area contributed by atoms with E-state index < -0.39 is 0 Å². The normalized spacial score (nSPS) is 15.3. The van der Waals surface area contributed by atoms with Crippen LogP contribution in [0, 0.1) is 0 Å². The fourth-order valence-corrected chi connectivity index (χ4v) is 3.83. The van der Waals surface area contributed by atoms with Gasteiger partial charge in [-0.1, -0.05) is 6.07 Å². The summed E-state index contributed by atoms with van der Waals surface area (Å²) in [6.45, 7) is 3.15. The van der Waals surface area contributed by atoms with E-state index in [1.165, 1.54) is 11.3 Å². The van der Waals surface area contributed by atoms with E-state index in [0.29, 0.717) is 0 Å². The van der Waals surface area contributed by atoms with Gasteiger partial charge in [-0.05, 0) is 46.3 Å². The summed E-state index contributed by atoms with van der Waals surface area (Å²) in [6, 6.07) is 11.7. The van der Waals surface area contributed by atoms with Crippen molar-refractivity contribution in [3.63, 3.8) is 0 Å². The first kappa shape index (κ1) is 14.4. The molecule has 1 aromatic heterocycles. The van der Waals surface area contributed by atoms with Gasteiger partial charge in [0.15, 0.2) is 0 Å². The Labute approximate surface area is 136 Å². The first-order valence-corrected chi connectivity index (χ1v) is 8.39. The molecule has 1 aromatic carbocycles. The average Bonchev–Trinajstić information content (AvgIpc) is 2.93. The number of amides is 1. The zero-order valence-corrected chi connectivity index (χ0v) is 13.9. The maximum atomic E-state index is 12.4. The van der Waals surface area contributed by atoms with Crippen molar-refractivity contribution in [1.82, 2.24) is 4.90 Å². The number of halogens is 1. The molecule has 1 fully saturated rings. The predicted molar refractivity (Wildman–Crippen MR) is 91.0 cm³/mol. The summed E-state index contributed by atoms with van der Waals surface area (Å²) in [7, 11) is 0. The lowest BCUT2D eigenvalue weighted by Gasteiger charge is -2.36. The summed E-state index contributed by atoms with van der Waals surface area (Å²) >= 11 is 4.88.